The summed E-state index contributed by atoms with van der Waals surface area (Å²) < 4.78 is 13.0. The normalized spacial score (nSPS) is 10.5. The fraction of sp³-hybridized carbons (Fsp3) is 0.111. The molecule has 0 unspecified atom stereocenters. The Bertz CT molecular complexity index is 447. The van der Waals surface area contributed by atoms with Crippen LogP contribution in [0.5, 0.6) is 0 Å². The van der Waals surface area contributed by atoms with E-state index in [1.165, 1.54) is 12.1 Å². The molecule has 0 saturated carbocycles. The molecule has 0 radical (unpaired) electrons. The highest BCUT2D eigenvalue weighted by atomic mass is 35.5. The minimum Gasteiger partial charge on any atom is -0.249 e. The van der Waals surface area contributed by atoms with Crippen LogP contribution in [0.25, 0.3) is 11.4 Å². The van der Waals surface area contributed by atoms with E-state index in [2.05, 4.69) is 15.2 Å². The summed E-state index contributed by atoms with van der Waals surface area (Å²) >= 11 is 5.57. The van der Waals surface area contributed by atoms with Gasteiger partial charge in [-0.25, -0.2) is 9.49 Å². The van der Waals surface area contributed by atoms with E-state index in [9.17, 15) is 4.39 Å². The standard InChI is InChI=1S/C9H7ClFN3/c1-5-2-6(4-7(11)3-5)8-12-9(10)14-13-8/h2-4H,1H3,(H,12,13,14). The predicted octanol–water partition coefficient (Wildman–Crippen LogP) is 2.57. The van der Waals surface area contributed by atoms with E-state index < -0.39 is 0 Å². The van der Waals surface area contributed by atoms with Crippen LogP contribution < -0.4 is 0 Å². The molecule has 0 bridgehead atoms. The number of hydrogen-bond acceptors (Lipinski definition) is 2. The monoisotopic (exact) mass is 211 g/mol. The summed E-state index contributed by atoms with van der Waals surface area (Å²) in [5, 5.41) is 6.52. The maximum absolute atomic E-state index is 13.0. The quantitative estimate of drug-likeness (QED) is 0.788. The summed E-state index contributed by atoms with van der Waals surface area (Å²) in [7, 11) is 0. The lowest BCUT2D eigenvalue weighted by Gasteiger charge is -1.97. The van der Waals surface area contributed by atoms with Gasteiger partial charge < -0.3 is 0 Å². The Hall–Kier alpha value is -1.42. The van der Waals surface area contributed by atoms with Crippen molar-refractivity contribution in [3.05, 3.63) is 34.9 Å². The van der Waals surface area contributed by atoms with Crippen molar-refractivity contribution < 1.29 is 4.39 Å². The minimum absolute atomic E-state index is 0.196. The fourth-order valence-electron chi connectivity index (χ4n) is 1.24. The van der Waals surface area contributed by atoms with Crippen LogP contribution in [0.1, 0.15) is 5.56 Å². The maximum Gasteiger partial charge on any atom is 0.218 e. The number of rotatable bonds is 1. The van der Waals surface area contributed by atoms with Gasteiger partial charge in [0.2, 0.25) is 5.28 Å². The topological polar surface area (TPSA) is 41.6 Å². The largest absolute Gasteiger partial charge is 0.249 e. The number of hydrogen-bond donors (Lipinski definition) is 1. The van der Waals surface area contributed by atoms with Crippen molar-refractivity contribution in [2.45, 2.75) is 6.92 Å². The third kappa shape index (κ3) is 1.75. The summed E-state index contributed by atoms with van der Waals surface area (Å²) in [6, 6.07) is 4.60. The average molecular weight is 212 g/mol. The van der Waals surface area contributed by atoms with E-state index in [0.717, 1.165) is 5.56 Å². The molecule has 0 aliphatic carbocycles. The molecule has 0 aliphatic heterocycles. The average Bonchev–Trinajstić information content (AvgIpc) is 2.50. The van der Waals surface area contributed by atoms with Gasteiger partial charge in [0, 0.05) is 5.56 Å². The van der Waals surface area contributed by atoms with Crippen molar-refractivity contribution in [2.75, 3.05) is 0 Å². The van der Waals surface area contributed by atoms with Gasteiger partial charge in [0.25, 0.3) is 0 Å². The van der Waals surface area contributed by atoms with Crippen LogP contribution in [0.2, 0.25) is 5.28 Å². The number of aromatic amines is 1. The molecule has 2 rings (SSSR count). The summed E-state index contributed by atoms with van der Waals surface area (Å²) in [6.45, 7) is 1.81. The van der Waals surface area contributed by atoms with E-state index in [0.29, 0.717) is 11.4 Å². The third-order valence-corrected chi connectivity index (χ3v) is 1.93. The van der Waals surface area contributed by atoms with Gasteiger partial charge in [0.15, 0.2) is 5.82 Å². The molecule has 0 atom stereocenters. The van der Waals surface area contributed by atoms with Gasteiger partial charge >= 0.3 is 0 Å². The lowest BCUT2D eigenvalue weighted by Crippen LogP contribution is -1.85. The number of nitrogens with one attached hydrogen (secondary N) is 1. The first-order valence-electron chi connectivity index (χ1n) is 4.00. The van der Waals surface area contributed by atoms with Crippen LogP contribution in [-0.2, 0) is 0 Å². The first kappa shape index (κ1) is 9.15. The van der Waals surface area contributed by atoms with E-state index in [-0.39, 0.29) is 11.1 Å². The number of aryl methyl sites for hydroxylation is 1. The summed E-state index contributed by atoms with van der Waals surface area (Å²) in [6.07, 6.45) is 0. The molecule has 0 fully saturated rings. The van der Waals surface area contributed by atoms with Crippen molar-refractivity contribution in [3.8, 4) is 11.4 Å². The van der Waals surface area contributed by atoms with Crippen molar-refractivity contribution in [1.82, 2.24) is 15.2 Å². The number of H-pyrrole nitrogens is 1. The maximum atomic E-state index is 13.0. The molecule has 3 nitrogen and oxygen atoms in total. The lowest BCUT2D eigenvalue weighted by molar-refractivity contribution is 0.627. The van der Waals surface area contributed by atoms with Gasteiger partial charge in [0.1, 0.15) is 5.82 Å². The molecule has 0 saturated heterocycles. The molecule has 1 aromatic carbocycles. The Kier molecular flexibility index (Phi) is 2.21. The SMILES string of the molecule is Cc1cc(F)cc(-c2n[nH]c(Cl)n2)c1. The molecular weight excluding hydrogens is 205 g/mol. The van der Waals surface area contributed by atoms with Crippen molar-refractivity contribution in [2.24, 2.45) is 0 Å². The minimum atomic E-state index is -0.305. The number of nitrogens with zero attached hydrogens (tertiary/aromatic N) is 2. The number of aromatic nitrogens is 3. The Morgan fingerprint density at radius 1 is 1.36 bits per heavy atom. The van der Waals surface area contributed by atoms with Gasteiger partial charge in [-0.1, -0.05) is 0 Å². The Labute approximate surface area is 84.9 Å². The van der Waals surface area contributed by atoms with Crippen LogP contribution in [0.4, 0.5) is 4.39 Å². The van der Waals surface area contributed by atoms with Gasteiger partial charge in [0.05, 0.1) is 0 Å². The summed E-state index contributed by atoms with van der Waals surface area (Å²) in [5.41, 5.74) is 1.44. The Balaban J connectivity index is 2.51. The van der Waals surface area contributed by atoms with Crippen molar-refractivity contribution >= 4 is 11.6 Å². The van der Waals surface area contributed by atoms with Crippen molar-refractivity contribution in [3.63, 3.8) is 0 Å². The van der Waals surface area contributed by atoms with Gasteiger partial charge in [-0.2, -0.15) is 10.1 Å². The fourth-order valence-corrected chi connectivity index (χ4v) is 1.36. The molecular formula is C9H7ClFN3. The van der Waals surface area contributed by atoms with Crippen LogP contribution >= 0.6 is 11.6 Å². The van der Waals surface area contributed by atoms with Crippen LogP contribution in [-0.4, -0.2) is 15.2 Å². The second-order valence-electron chi connectivity index (χ2n) is 2.97. The van der Waals surface area contributed by atoms with E-state index in [1.54, 1.807) is 13.0 Å². The van der Waals surface area contributed by atoms with Crippen LogP contribution in [0, 0.1) is 12.7 Å². The second-order valence-corrected chi connectivity index (χ2v) is 3.33. The summed E-state index contributed by atoms with van der Waals surface area (Å²) in [5.74, 6) is 0.0959. The van der Waals surface area contributed by atoms with Crippen LogP contribution in [0.3, 0.4) is 0 Å². The zero-order chi connectivity index (χ0) is 10.1. The highest BCUT2D eigenvalue weighted by Gasteiger charge is 2.06. The second kappa shape index (κ2) is 3.38. The first-order chi connectivity index (χ1) is 6.65. The lowest BCUT2D eigenvalue weighted by atomic mass is 10.1. The molecule has 1 N–H and O–H groups in total. The molecule has 0 amide bonds. The molecule has 1 aromatic heterocycles. The highest BCUT2D eigenvalue weighted by molar-refractivity contribution is 6.28. The Morgan fingerprint density at radius 2 is 2.14 bits per heavy atom. The molecule has 1 heterocycles. The molecule has 0 spiro atoms. The van der Waals surface area contributed by atoms with E-state index in [1.807, 2.05) is 0 Å². The number of benzene rings is 1. The predicted molar refractivity (Wildman–Crippen MR) is 51.5 cm³/mol. The van der Waals surface area contributed by atoms with Crippen LogP contribution in [0.15, 0.2) is 18.2 Å². The zero-order valence-corrected chi connectivity index (χ0v) is 8.14. The van der Waals surface area contributed by atoms with Crippen molar-refractivity contribution in [1.29, 1.82) is 0 Å². The Morgan fingerprint density at radius 3 is 2.71 bits per heavy atom. The van der Waals surface area contributed by atoms with Gasteiger partial charge in [-0.15, -0.1) is 0 Å². The molecule has 72 valence electrons. The first-order valence-corrected chi connectivity index (χ1v) is 4.38. The van der Waals surface area contributed by atoms with Gasteiger partial charge in [-0.05, 0) is 42.3 Å². The molecule has 14 heavy (non-hydrogen) atoms. The smallest absolute Gasteiger partial charge is 0.218 e. The number of halogens is 2. The van der Waals surface area contributed by atoms with Gasteiger partial charge in [-0.3, -0.25) is 0 Å². The highest BCUT2D eigenvalue weighted by Crippen LogP contribution is 2.18. The summed E-state index contributed by atoms with van der Waals surface area (Å²) in [4.78, 5) is 3.90. The third-order valence-electron chi connectivity index (χ3n) is 1.76. The zero-order valence-electron chi connectivity index (χ0n) is 7.38. The van der Waals surface area contributed by atoms with E-state index in [4.69, 9.17) is 11.6 Å². The molecule has 2 aromatic rings. The molecule has 5 heteroatoms. The molecule has 0 aliphatic rings. The van der Waals surface area contributed by atoms with E-state index >= 15 is 0 Å².